The summed E-state index contributed by atoms with van der Waals surface area (Å²) in [6, 6.07) is 3.59. The van der Waals surface area contributed by atoms with Crippen LogP contribution >= 0.6 is 11.6 Å². The van der Waals surface area contributed by atoms with Crippen LogP contribution in [0.3, 0.4) is 0 Å². The summed E-state index contributed by atoms with van der Waals surface area (Å²) < 4.78 is 43.4. The molecule has 0 saturated heterocycles. The molecular formula is C14H19ClFNO4S. The van der Waals surface area contributed by atoms with Gasteiger partial charge < -0.3 is 4.74 Å². The third kappa shape index (κ3) is 7.09. The molecule has 0 atom stereocenters. The second kappa shape index (κ2) is 7.28. The molecule has 5 nitrogen and oxygen atoms in total. The fourth-order valence-corrected chi connectivity index (χ4v) is 2.97. The molecule has 0 aromatic heterocycles. The summed E-state index contributed by atoms with van der Waals surface area (Å²) >= 11 is 5.57. The number of rotatable bonds is 6. The standard InChI is InChI=1S/C14H19ClFNO4S/c1-14(2,3)6-7-22(19,20)17-13(18)9-21-10-4-5-12(16)11(15)8-10/h4-5,8H,6-7,9H2,1-3H3,(H,17,18). The highest BCUT2D eigenvalue weighted by atomic mass is 35.5. The number of carbonyl (C=O) groups is 1. The van der Waals surface area contributed by atoms with Crippen molar-refractivity contribution in [2.45, 2.75) is 27.2 Å². The molecule has 0 fully saturated rings. The van der Waals surface area contributed by atoms with Gasteiger partial charge in [-0.05, 0) is 24.0 Å². The van der Waals surface area contributed by atoms with Crippen LogP contribution in [0.5, 0.6) is 5.75 Å². The SMILES string of the molecule is CC(C)(C)CCS(=O)(=O)NC(=O)COc1ccc(F)c(Cl)c1. The Labute approximate surface area is 134 Å². The Morgan fingerprint density at radius 1 is 1.36 bits per heavy atom. The van der Waals surface area contributed by atoms with E-state index >= 15 is 0 Å². The van der Waals surface area contributed by atoms with Gasteiger partial charge in [-0.3, -0.25) is 9.52 Å². The zero-order valence-electron chi connectivity index (χ0n) is 12.7. The van der Waals surface area contributed by atoms with E-state index in [1.54, 1.807) is 0 Å². The van der Waals surface area contributed by atoms with Crippen LogP contribution in [0.2, 0.25) is 5.02 Å². The first-order valence-electron chi connectivity index (χ1n) is 6.60. The first-order valence-corrected chi connectivity index (χ1v) is 8.63. The first kappa shape index (κ1) is 18.7. The Kier molecular flexibility index (Phi) is 6.19. The van der Waals surface area contributed by atoms with Crippen molar-refractivity contribution in [2.24, 2.45) is 5.41 Å². The van der Waals surface area contributed by atoms with Gasteiger partial charge in [0.2, 0.25) is 10.0 Å². The van der Waals surface area contributed by atoms with Crippen LogP contribution in [0.25, 0.3) is 0 Å². The van der Waals surface area contributed by atoms with Crippen LogP contribution in [0.15, 0.2) is 18.2 Å². The van der Waals surface area contributed by atoms with Gasteiger partial charge in [0.05, 0.1) is 10.8 Å². The summed E-state index contributed by atoms with van der Waals surface area (Å²) in [5.41, 5.74) is -0.154. The summed E-state index contributed by atoms with van der Waals surface area (Å²) in [7, 11) is -3.70. The molecule has 124 valence electrons. The molecule has 1 aromatic rings. The Morgan fingerprint density at radius 2 is 2.00 bits per heavy atom. The molecule has 0 spiro atoms. The molecule has 1 rings (SSSR count). The van der Waals surface area contributed by atoms with Crippen LogP contribution in [-0.2, 0) is 14.8 Å². The highest BCUT2D eigenvalue weighted by Gasteiger charge is 2.19. The summed E-state index contributed by atoms with van der Waals surface area (Å²) in [6.45, 7) is 5.22. The molecule has 0 bridgehead atoms. The van der Waals surface area contributed by atoms with E-state index in [1.165, 1.54) is 12.1 Å². The Hall–Kier alpha value is -1.34. The second-order valence-electron chi connectivity index (χ2n) is 6.02. The van der Waals surface area contributed by atoms with Gasteiger partial charge in [0.1, 0.15) is 11.6 Å². The normalized spacial score (nSPS) is 12.0. The number of benzene rings is 1. The Balaban J connectivity index is 2.50. The number of halogens is 2. The van der Waals surface area contributed by atoms with Crippen molar-refractivity contribution in [2.75, 3.05) is 12.4 Å². The maximum absolute atomic E-state index is 13.0. The number of nitrogens with one attached hydrogen (secondary N) is 1. The van der Waals surface area contributed by atoms with E-state index < -0.39 is 28.4 Å². The van der Waals surface area contributed by atoms with Crippen molar-refractivity contribution >= 4 is 27.5 Å². The van der Waals surface area contributed by atoms with Crippen molar-refractivity contribution in [3.05, 3.63) is 29.0 Å². The molecule has 8 heteroatoms. The average Bonchev–Trinajstić information content (AvgIpc) is 2.37. The summed E-state index contributed by atoms with van der Waals surface area (Å²) in [6.07, 6.45) is 0.421. The largest absolute Gasteiger partial charge is 0.484 e. The molecule has 0 aliphatic heterocycles. The Bertz CT molecular complexity index is 641. The number of hydrogen-bond acceptors (Lipinski definition) is 4. The van der Waals surface area contributed by atoms with Gasteiger partial charge in [0.25, 0.3) is 5.91 Å². The molecule has 0 aliphatic rings. The fraction of sp³-hybridized carbons (Fsp3) is 0.500. The highest BCUT2D eigenvalue weighted by molar-refractivity contribution is 7.90. The van der Waals surface area contributed by atoms with Gasteiger partial charge in [0.15, 0.2) is 6.61 Å². The number of hydrogen-bond donors (Lipinski definition) is 1. The van der Waals surface area contributed by atoms with Crippen LogP contribution in [0.4, 0.5) is 4.39 Å². The van der Waals surface area contributed by atoms with Gasteiger partial charge in [-0.25, -0.2) is 12.8 Å². The molecule has 0 radical (unpaired) electrons. The van der Waals surface area contributed by atoms with E-state index in [9.17, 15) is 17.6 Å². The minimum atomic E-state index is -3.70. The van der Waals surface area contributed by atoms with Crippen LogP contribution in [0.1, 0.15) is 27.2 Å². The summed E-state index contributed by atoms with van der Waals surface area (Å²) in [5.74, 6) is -1.38. The molecule has 1 amide bonds. The third-order valence-electron chi connectivity index (χ3n) is 2.65. The predicted octanol–water partition coefficient (Wildman–Crippen LogP) is 2.74. The zero-order valence-corrected chi connectivity index (χ0v) is 14.2. The summed E-state index contributed by atoms with van der Waals surface area (Å²) in [4.78, 5) is 11.6. The van der Waals surface area contributed by atoms with Crippen molar-refractivity contribution in [3.63, 3.8) is 0 Å². The van der Waals surface area contributed by atoms with Gasteiger partial charge in [-0.2, -0.15) is 0 Å². The van der Waals surface area contributed by atoms with E-state index in [-0.39, 0.29) is 21.9 Å². The number of ether oxygens (including phenoxy) is 1. The molecule has 0 heterocycles. The second-order valence-corrected chi connectivity index (χ2v) is 8.27. The van der Waals surface area contributed by atoms with Crippen molar-refractivity contribution in [1.82, 2.24) is 4.72 Å². The quantitative estimate of drug-likeness (QED) is 0.855. The average molecular weight is 352 g/mol. The zero-order chi connectivity index (χ0) is 17.0. The predicted molar refractivity (Wildman–Crippen MR) is 82.9 cm³/mol. The van der Waals surface area contributed by atoms with E-state index in [1.807, 2.05) is 25.5 Å². The first-order chi connectivity index (χ1) is 9.98. The van der Waals surface area contributed by atoms with Gasteiger partial charge >= 0.3 is 0 Å². The van der Waals surface area contributed by atoms with Gasteiger partial charge in [-0.15, -0.1) is 0 Å². The van der Waals surface area contributed by atoms with E-state index in [0.29, 0.717) is 6.42 Å². The van der Waals surface area contributed by atoms with Crippen LogP contribution in [-0.4, -0.2) is 26.7 Å². The molecule has 1 aromatic carbocycles. The third-order valence-corrected chi connectivity index (χ3v) is 4.22. The van der Waals surface area contributed by atoms with Crippen LogP contribution in [0, 0.1) is 11.2 Å². The van der Waals surface area contributed by atoms with Crippen molar-refractivity contribution < 1.29 is 22.3 Å². The lowest BCUT2D eigenvalue weighted by molar-refractivity contribution is -0.121. The van der Waals surface area contributed by atoms with Crippen molar-refractivity contribution in [3.8, 4) is 5.75 Å². The lowest BCUT2D eigenvalue weighted by Crippen LogP contribution is -2.36. The monoisotopic (exact) mass is 351 g/mol. The molecule has 0 saturated carbocycles. The molecular weight excluding hydrogens is 333 g/mol. The maximum Gasteiger partial charge on any atom is 0.271 e. The van der Waals surface area contributed by atoms with E-state index in [4.69, 9.17) is 16.3 Å². The van der Waals surface area contributed by atoms with Gasteiger partial charge in [0, 0.05) is 6.07 Å². The highest BCUT2D eigenvalue weighted by Crippen LogP contribution is 2.21. The molecule has 22 heavy (non-hydrogen) atoms. The van der Waals surface area contributed by atoms with Crippen LogP contribution < -0.4 is 9.46 Å². The van der Waals surface area contributed by atoms with E-state index in [0.717, 1.165) is 6.07 Å². The van der Waals surface area contributed by atoms with E-state index in [2.05, 4.69) is 0 Å². The lowest BCUT2D eigenvalue weighted by Gasteiger charge is -2.17. The topological polar surface area (TPSA) is 72.5 Å². The number of amides is 1. The number of sulfonamides is 1. The lowest BCUT2D eigenvalue weighted by atomic mass is 9.94. The number of carbonyl (C=O) groups excluding carboxylic acids is 1. The minimum absolute atomic E-state index is 0.143. The summed E-state index contributed by atoms with van der Waals surface area (Å²) in [5, 5.41) is -0.143. The fourth-order valence-electron chi connectivity index (χ4n) is 1.41. The van der Waals surface area contributed by atoms with Gasteiger partial charge in [-0.1, -0.05) is 32.4 Å². The Morgan fingerprint density at radius 3 is 2.55 bits per heavy atom. The smallest absolute Gasteiger partial charge is 0.271 e. The molecule has 1 N–H and O–H groups in total. The minimum Gasteiger partial charge on any atom is -0.484 e. The maximum atomic E-state index is 13.0. The molecule has 0 unspecified atom stereocenters. The molecule has 0 aliphatic carbocycles. The van der Waals surface area contributed by atoms with Crippen molar-refractivity contribution in [1.29, 1.82) is 0 Å².